The first kappa shape index (κ1) is 33.3. The minimum atomic E-state index is -4.03. The first-order valence-corrected chi connectivity index (χ1v) is 16.7. The number of fused-ring (bicyclic) bond motifs is 1. The number of hydrogen-bond donors (Lipinski definition) is 3. The van der Waals surface area contributed by atoms with Gasteiger partial charge < -0.3 is 20.8 Å². The first-order chi connectivity index (χ1) is 23.0. The highest BCUT2D eigenvalue weighted by atomic mass is 32.2. The Morgan fingerprint density at radius 2 is 1.65 bits per heavy atom. The third kappa shape index (κ3) is 6.99. The zero-order chi connectivity index (χ0) is 34.0. The number of furan rings is 1. The van der Waals surface area contributed by atoms with Crippen LogP contribution in [0.25, 0.3) is 11.0 Å². The van der Waals surface area contributed by atoms with Gasteiger partial charge in [0.2, 0.25) is 11.0 Å². The molecule has 0 bridgehead atoms. The summed E-state index contributed by atoms with van der Waals surface area (Å²) >= 11 is 0. The van der Waals surface area contributed by atoms with Gasteiger partial charge in [0.05, 0.1) is 6.04 Å². The quantitative estimate of drug-likeness (QED) is 0.164. The number of nitrogens with two attached hydrogens (primary N) is 1. The minimum absolute atomic E-state index is 0.0481. The van der Waals surface area contributed by atoms with Gasteiger partial charge in [-0.2, -0.15) is 4.31 Å². The molecule has 1 aliphatic heterocycles. The molecule has 1 fully saturated rings. The monoisotopic (exact) mass is 680 g/mol. The molecule has 5 aromatic rings. The van der Waals surface area contributed by atoms with Gasteiger partial charge in [-0.25, -0.2) is 26.0 Å². The fourth-order valence-corrected chi connectivity index (χ4v) is 7.75. The molecule has 2 heterocycles. The molecule has 8 nitrogen and oxygen atoms in total. The molecule has 3 atom stereocenters. The lowest BCUT2D eigenvalue weighted by atomic mass is 9.84. The van der Waals surface area contributed by atoms with Crippen molar-refractivity contribution in [2.75, 3.05) is 25.0 Å². The molecule has 6 rings (SSSR count). The number of anilines is 1. The molecular weight excluding hydrogens is 648 g/mol. The van der Waals surface area contributed by atoms with E-state index in [9.17, 15) is 26.4 Å². The Kier molecular flexibility index (Phi) is 9.65. The number of carbonyl (C=O) groups is 1. The van der Waals surface area contributed by atoms with Crippen molar-refractivity contribution < 1.29 is 35.2 Å². The Morgan fingerprint density at radius 3 is 2.38 bits per heavy atom. The highest BCUT2D eigenvalue weighted by Crippen LogP contribution is 2.32. The van der Waals surface area contributed by atoms with Crippen LogP contribution in [-0.4, -0.2) is 50.3 Å². The van der Waals surface area contributed by atoms with E-state index < -0.39 is 57.2 Å². The number of para-hydroxylation sites is 1. The van der Waals surface area contributed by atoms with Gasteiger partial charge in [-0.15, -0.1) is 0 Å². The summed E-state index contributed by atoms with van der Waals surface area (Å²) in [5.74, 6) is -4.81. The van der Waals surface area contributed by atoms with E-state index in [0.29, 0.717) is 35.7 Å². The average molecular weight is 681 g/mol. The molecule has 0 aliphatic carbocycles. The smallest absolute Gasteiger partial charge is 0.276 e. The Balaban J connectivity index is 1.23. The third-order valence-corrected chi connectivity index (χ3v) is 10.3. The second kappa shape index (κ2) is 13.9. The van der Waals surface area contributed by atoms with Crippen molar-refractivity contribution in [3.05, 3.63) is 131 Å². The molecule has 13 heteroatoms. The van der Waals surface area contributed by atoms with Crippen molar-refractivity contribution in [3.63, 3.8) is 0 Å². The molecular formula is C35H32F4N4O4S. The van der Waals surface area contributed by atoms with Crippen LogP contribution in [0.1, 0.15) is 29.0 Å². The van der Waals surface area contributed by atoms with E-state index in [0.717, 1.165) is 24.3 Å². The second-order valence-electron chi connectivity index (χ2n) is 11.6. The van der Waals surface area contributed by atoms with Gasteiger partial charge in [-0.05, 0) is 66.4 Å². The van der Waals surface area contributed by atoms with Crippen molar-refractivity contribution in [2.24, 2.45) is 5.73 Å². The van der Waals surface area contributed by atoms with E-state index in [4.69, 9.17) is 10.2 Å². The van der Waals surface area contributed by atoms with Crippen LogP contribution in [0.3, 0.4) is 0 Å². The molecule has 0 radical (unpaired) electrons. The zero-order valence-corrected chi connectivity index (χ0v) is 26.3. The third-order valence-electron chi connectivity index (χ3n) is 8.50. The standard InChI is InChI=1S/C35H32F4N4O4S/c36-24-10-8-21(9-11-24)33(23-16-25(37)19-26(38)17-23)34(40)35(44)42-30-6-3-5-29(39)28(30)13-12-27-20-41-14-15-43(27)48(45,46)32-18-22-4-1-2-7-31(22)47-32/h1-11,16-19,27,33-34,41H,12-15,20,40H2,(H,42,44). The van der Waals surface area contributed by atoms with Gasteiger partial charge >= 0.3 is 0 Å². The summed E-state index contributed by atoms with van der Waals surface area (Å²) in [4.78, 5) is 13.6. The van der Waals surface area contributed by atoms with Gasteiger partial charge in [0.25, 0.3) is 10.0 Å². The highest BCUT2D eigenvalue weighted by molar-refractivity contribution is 7.89. The number of piperazine rings is 1. The molecule has 1 amide bonds. The summed E-state index contributed by atoms with van der Waals surface area (Å²) in [7, 11) is -4.03. The maximum Gasteiger partial charge on any atom is 0.276 e. The number of carbonyl (C=O) groups excluding carboxylic acids is 1. The van der Waals surface area contributed by atoms with Crippen LogP contribution in [0, 0.1) is 23.3 Å². The maximum atomic E-state index is 15.3. The van der Waals surface area contributed by atoms with E-state index in [1.54, 1.807) is 24.3 Å². The predicted molar refractivity (Wildman–Crippen MR) is 173 cm³/mol. The normalized spacial score (nSPS) is 16.9. The summed E-state index contributed by atoms with van der Waals surface area (Å²) < 4.78 is 91.9. The van der Waals surface area contributed by atoms with Crippen LogP contribution in [0.15, 0.2) is 101 Å². The van der Waals surface area contributed by atoms with Crippen molar-refractivity contribution in [1.29, 1.82) is 0 Å². The molecule has 1 saturated heterocycles. The minimum Gasteiger partial charge on any atom is -0.443 e. The Morgan fingerprint density at radius 1 is 0.917 bits per heavy atom. The van der Waals surface area contributed by atoms with Gasteiger partial charge in [0.15, 0.2) is 0 Å². The zero-order valence-electron chi connectivity index (χ0n) is 25.5. The van der Waals surface area contributed by atoms with Crippen molar-refractivity contribution in [1.82, 2.24) is 9.62 Å². The number of rotatable bonds is 10. The molecule has 1 aromatic heterocycles. The van der Waals surface area contributed by atoms with Crippen LogP contribution in [-0.2, 0) is 21.2 Å². The van der Waals surface area contributed by atoms with Gasteiger partial charge in [-0.1, -0.05) is 36.4 Å². The second-order valence-corrected chi connectivity index (χ2v) is 13.5. The molecule has 1 aliphatic rings. The summed E-state index contributed by atoms with van der Waals surface area (Å²) in [6.07, 6.45) is 0.246. The summed E-state index contributed by atoms with van der Waals surface area (Å²) in [6, 6.07) is 18.4. The van der Waals surface area contributed by atoms with E-state index in [1.807, 2.05) is 0 Å². The van der Waals surface area contributed by atoms with Crippen molar-refractivity contribution in [3.8, 4) is 0 Å². The number of amides is 1. The van der Waals surface area contributed by atoms with Gasteiger partial charge in [0, 0.05) is 60.4 Å². The fourth-order valence-electron chi connectivity index (χ4n) is 6.15. The summed E-state index contributed by atoms with van der Waals surface area (Å²) in [5.41, 5.74) is 7.46. The van der Waals surface area contributed by atoms with E-state index in [-0.39, 0.29) is 41.3 Å². The summed E-state index contributed by atoms with van der Waals surface area (Å²) in [5, 5.41) is 6.31. The van der Waals surface area contributed by atoms with Crippen LogP contribution in [0.2, 0.25) is 0 Å². The highest BCUT2D eigenvalue weighted by Gasteiger charge is 2.36. The number of hydrogen-bond acceptors (Lipinski definition) is 6. The van der Waals surface area contributed by atoms with E-state index in [1.165, 1.54) is 40.7 Å². The van der Waals surface area contributed by atoms with Gasteiger partial charge in [-0.3, -0.25) is 4.79 Å². The van der Waals surface area contributed by atoms with Crippen LogP contribution in [0.5, 0.6) is 0 Å². The molecule has 4 aromatic carbocycles. The van der Waals surface area contributed by atoms with Gasteiger partial charge in [0.1, 0.15) is 28.9 Å². The lowest BCUT2D eigenvalue weighted by Crippen LogP contribution is -2.53. The summed E-state index contributed by atoms with van der Waals surface area (Å²) in [6.45, 7) is 0.897. The van der Waals surface area contributed by atoms with Crippen molar-refractivity contribution >= 4 is 32.6 Å². The molecule has 250 valence electrons. The number of benzene rings is 4. The Bertz CT molecular complexity index is 2000. The number of nitrogens with zero attached hydrogens (tertiary/aromatic N) is 1. The largest absolute Gasteiger partial charge is 0.443 e. The van der Waals surface area contributed by atoms with Crippen LogP contribution in [0.4, 0.5) is 23.2 Å². The first-order valence-electron chi connectivity index (χ1n) is 15.3. The van der Waals surface area contributed by atoms with Crippen molar-refractivity contribution in [2.45, 2.75) is 35.9 Å². The maximum absolute atomic E-state index is 15.3. The molecule has 0 saturated carbocycles. The fraction of sp³-hybridized carbons (Fsp3) is 0.229. The molecule has 4 N–H and O–H groups in total. The Hall–Kier alpha value is -4.56. The average Bonchev–Trinajstić information content (AvgIpc) is 3.51. The number of nitrogens with one attached hydrogen (secondary N) is 2. The number of halogens is 4. The van der Waals surface area contributed by atoms with Crippen LogP contribution >= 0.6 is 0 Å². The Labute approximate surface area is 274 Å². The van der Waals surface area contributed by atoms with Crippen LogP contribution < -0.4 is 16.4 Å². The lowest BCUT2D eigenvalue weighted by Gasteiger charge is -2.34. The lowest BCUT2D eigenvalue weighted by molar-refractivity contribution is -0.117. The van der Waals surface area contributed by atoms with E-state index in [2.05, 4.69) is 10.6 Å². The topological polar surface area (TPSA) is 118 Å². The number of sulfonamides is 1. The SMILES string of the molecule is NC(C(=O)Nc1cccc(F)c1CCC1CNCCN1S(=O)(=O)c1cc2ccccc2o1)C(c1ccc(F)cc1)c1cc(F)cc(F)c1. The molecule has 48 heavy (non-hydrogen) atoms. The predicted octanol–water partition coefficient (Wildman–Crippen LogP) is 5.68. The van der Waals surface area contributed by atoms with E-state index >= 15 is 4.39 Å². The molecule has 3 unspecified atom stereocenters. The molecule has 0 spiro atoms.